The Hall–Kier alpha value is -1.70. The van der Waals surface area contributed by atoms with Gasteiger partial charge in [-0.3, -0.25) is 4.79 Å². The molecule has 2 aliphatic heterocycles. The number of nitrogens with zero attached hydrogens (tertiary/aromatic N) is 2. The van der Waals surface area contributed by atoms with Gasteiger partial charge in [-0.05, 0) is 49.3 Å². The summed E-state index contributed by atoms with van der Waals surface area (Å²) in [4.78, 5) is 15.1. The van der Waals surface area contributed by atoms with Crippen LogP contribution in [0.25, 0.3) is 0 Å². The van der Waals surface area contributed by atoms with Gasteiger partial charge in [-0.25, -0.2) is 8.42 Å². The Morgan fingerprint density at radius 1 is 1.19 bits per heavy atom. The number of fused-ring (bicyclic) bond motifs is 1. The van der Waals surface area contributed by atoms with Crippen molar-refractivity contribution in [2.24, 2.45) is 5.92 Å². The van der Waals surface area contributed by atoms with Crippen molar-refractivity contribution < 1.29 is 13.2 Å². The number of amides is 1. The second-order valence-corrected chi connectivity index (χ2v) is 10.1. The van der Waals surface area contributed by atoms with E-state index in [9.17, 15) is 13.2 Å². The lowest BCUT2D eigenvalue weighted by molar-refractivity contribution is -0.123. The predicted octanol–water partition coefficient (Wildman–Crippen LogP) is 3.13. The average Bonchev–Trinajstić information content (AvgIpc) is 3.29. The van der Waals surface area contributed by atoms with Gasteiger partial charge in [-0.1, -0.05) is 24.3 Å². The minimum atomic E-state index is -3.50. The minimum absolute atomic E-state index is 0.0496. The maximum absolute atomic E-state index is 13.2. The third-order valence-electron chi connectivity index (χ3n) is 5.27. The number of hydrogen-bond donors (Lipinski definition) is 0. The van der Waals surface area contributed by atoms with Crippen molar-refractivity contribution in [2.75, 3.05) is 18.0 Å². The third kappa shape index (κ3) is 2.98. The van der Waals surface area contributed by atoms with E-state index in [0.717, 1.165) is 18.5 Å². The molecule has 0 aliphatic carbocycles. The van der Waals surface area contributed by atoms with Crippen LogP contribution in [-0.2, 0) is 21.2 Å². The first-order valence-electron chi connectivity index (χ1n) is 8.93. The standard InChI is InChI=1S/C19H22N2O3S2/c1-14-12-15-6-2-3-8-17(15)21(14)19(22)16-7-4-10-20(13-16)26(23,24)18-9-5-11-25-18/h2-3,5-6,8-9,11,14,16H,4,7,10,12-13H2,1H3/t14-,16+/m1/s1. The van der Waals surface area contributed by atoms with E-state index in [1.165, 1.54) is 21.2 Å². The van der Waals surface area contributed by atoms with Crippen LogP contribution in [0, 0.1) is 5.92 Å². The predicted molar refractivity (Wildman–Crippen MR) is 103 cm³/mol. The summed E-state index contributed by atoms with van der Waals surface area (Å²) in [6, 6.07) is 11.5. The smallest absolute Gasteiger partial charge is 0.252 e. The maximum Gasteiger partial charge on any atom is 0.252 e. The van der Waals surface area contributed by atoms with E-state index in [0.29, 0.717) is 17.2 Å². The van der Waals surface area contributed by atoms with Crippen molar-refractivity contribution in [3.05, 3.63) is 47.3 Å². The van der Waals surface area contributed by atoms with Crippen LogP contribution in [0.5, 0.6) is 0 Å². The van der Waals surface area contributed by atoms with Gasteiger partial charge in [0.1, 0.15) is 4.21 Å². The van der Waals surface area contributed by atoms with Crippen LogP contribution in [-0.4, -0.2) is 37.8 Å². The molecule has 0 unspecified atom stereocenters. The van der Waals surface area contributed by atoms with Gasteiger partial charge in [-0.2, -0.15) is 4.31 Å². The molecule has 0 N–H and O–H groups in total. The first kappa shape index (κ1) is 17.7. The van der Waals surface area contributed by atoms with Gasteiger partial charge in [0.25, 0.3) is 10.0 Å². The van der Waals surface area contributed by atoms with Gasteiger partial charge in [0.15, 0.2) is 0 Å². The second kappa shape index (κ2) is 6.79. The number of thiophene rings is 1. The molecule has 2 atom stereocenters. The Bertz CT molecular complexity index is 909. The molecule has 0 bridgehead atoms. The lowest BCUT2D eigenvalue weighted by Gasteiger charge is -2.34. The van der Waals surface area contributed by atoms with Crippen molar-refractivity contribution in [1.29, 1.82) is 0 Å². The van der Waals surface area contributed by atoms with Gasteiger partial charge in [0.05, 0.1) is 5.92 Å². The summed E-state index contributed by atoms with van der Waals surface area (Å²) < 4.78 is 27.5. The highest BCUT2D eigenvalue weighted by Crippen LogP contribution is 2.35. The van der Waals surface area contributed by atoms with E-state index in [2.05, 4.69) is 13.0 Å². The zero-order valence-corrected chi connectivity index (χ0v) is 16.3. The molecule has 5 nitrogen and oxygen atoms in total. The van der Waals surface area contributed by atoms with Gasteiger partial charge in [-0.15, -0.1) is 11.3 Å². The Morgan fingerprint density at radius 2 is 2.00 bits per heavy atom. The molecule has 1 saturated heterocycles. The molecule has 1 aromatic carbocycles. The lowest BCUT2D eigenvalue weighted by atomic mass is 9.97. The third-order valence-corrected chi connectivity index (χ3v) is 8.51. The highest BCUT2D eigenvalue weighted by atomic mass is 32.2. The van der Waals surface area contributed by atoms with E-state index >= 15 is 0 Å². The van der Waals surface area contributed by atoms with Gasteiger partial charge < -0.3 is 4.90 Å². The SMILES string of the molecule is C[C@@H]1Cc2ccccc2N1C(=O)[C@H]1CCCN(S(=O)(=O)c2cccs2)C1. The molecule has 3 heterocycles. The average molecular weight is 391 g/mol. The van der Waals surface area contributed by atoms with Crippen LogP contribution in [0.15, 0.2) is 46.0 Å². The molecule has 0 spiro atoms. The monoisotopic (exact) mass is 390 g/mol. The minimum Gasteiger partial charge on any atom is -0.309 e. The van der Waals surface area contributed by atoms with Crippen molar-refractivity contribution in [1.82, 2.24) is 4.31 Å². The molecule has 26 heavy (non-hydrogen) atoms. The summed E-state index contributed by atoms with van der Waals surface area (Å²) in [6.45, 7) is 2.81. The molecule has 2 aliphatic rings. The molecule has 4 rings (SSSR count). The lowest BCUT2D eigenvalue weighted by Crippen LogP contribution is -2.48. The fourth-order valence-corrected chi connectivity index (χ4v) is 6.67. The molecule has 0 radical (unpaired) electrons. The van der Waals surface area contributed by atoms with Crippen LogP contribution in [0.2, 0.25) is 0 Å². The van der Waals surface area contributed by atoms with Crippen molar-refractivity contribution in [3.8, 4) is 0 Å². The quantitative estimate of drug-likeness (QED) is 0.809. The molecule has 138 valence electrons. The molecule has 2 aromatic rings. The fourth-order valence-electron chi connectivity index (χ4n) is 4.00. The van der Waals surface area contributed by atoms with E-state index in [1.54, 1.807) is 17.5 Å². The van der Waals surface area contributed by atoms with Crippen LogP contribution >= 0.6 is 11.3 Å². The van der Waals surface area contributed by atoms with Crippen molar-refractivity contribution in [2.45, 2.75) is 36.4 Å². The number of benzene rings is 1. The summed E-state index contributed by atoms with van der Waals surface area (Å²) in [7, 11) is -3.50. The molecule has 1 aromatic heterocycles. The summed E-state index contributed by atoms with van der Waals surface area (Å²) in [6.07, 6.45) is 2.30. The normalized spacial score (nSPS) is 23.8. The number of carbonyl (C=O) groups is 1. The highest BCUT2D eigenvalue weighted by molar-refractivity contribution is 7.91. The summed E-state index contributed by atoms with van der Waals surface area (Å²) in [5, 5.41) is 1.77. The van der Waals surface area contributed by atoms with E-state index in [-0.39, 0.29) is 24.4 Å². The number of carbonyl (C=O) groups excluding carboxylic acids is 1. The fraction of sp³-hybridized carbons (Fsp3) is 0.421. The van der Waals surface area contributed by atoms with Crippen LogP contribution in [0.1, 0.15) is 25.3 Å². The first-order chi connectivity index (χ1) is 12.5. The number of piperidine rings is 1. The zero-order chi connectivity index (χ0) is 18.3. The van der Waals surface area contributed by atoms with E-state index < -0.39 is 10.0 Å². The van der Waals surface area contributed by atoms with Crippen LogP contribution in [0.3, 0.4) is 0 Å². The summed E-state index contributed by atoms with van der Waals surface area (Å²) in [5.74, 6) is -0.236. The number of rotatable bonds is 3. The Kier molecular flexibility index (Phi) is 4.62. The Balaban J connectivity index is 1.56. The molecule has 1 fully saturated rings. The number of sulfonamides is 1. The van der Waals surface area contributed by atoms with E-state index in [4.69, 9.17) is 0 Å². The number of hydrogen-bond acceptors (Lipinski definition) is 4. The number of para-hydroxylation sites is 1. The molecular formula is C19H22N2O3S2. The zero-order valence-electron chi connectivity index (χ0n) is 14.7. The largest absolute Gasteiger partial charge is 0.309 e. The van der Waals surface area contributed by atoms with Crippen molar-refractivity contribution in [3.63, 3.8) is 0 Å². The topological polar surface area (TPSA) is 57.7 Å². The molecule has 7 heteroatoms. The van der Waals surface area contributed by atoms with E-state index in [1.807, 2.05) is 23.1 Å². The van der Waals surface area contributed by atoms with Gasteiger partial charge >= 0.3 is 0 Å². The Morgan fingerprint density at radius 3 is 2.77 bits per heavy atom. The number of anilines is 1. The van der Waals surface area contributed by atoms with Crippen LogP contribution in [0.4, 0.5) is 5.69 Å². The summed E-state index contributed by atoms with van der Waals surface area (Å²) in [5.41, 5.74) is 2.16. The highest BCUT2D eigenvalue weighted by Gasteiger charge is 2.39. The molecular weight excluding hydrogens is 368 g/mol. The van der Waals surface area contributed by atoms with Crippen molar-refractivity contribution >= 4 is 33.0 Å². The molecule has 1 amide bonds. The Labute approximate surface area is 158 Å². The second-order valence-electron chi connectivity index (χ2n) is 7.02. The van der Waals surface area contributed by atoms with Gasteiger partial charge in [0.2, 0.25) is 5.91 Å². The van der Waals surface area contributed by atoms with Gasteiger partial charge in [0, 0.05) is 24.8 Å². The maximum atomic E-state index is 13.2. The summed E-state index contributed by atoms with van der Waals surface area (Å²) >= 11 is 1.22. The molecule has 0 saturated carbocycles. The first-order valence-corrected chi connectivity index (χ1v) is 11.2. The van der Waals surface area contributed by atoms with Crippen LogP contribution < -0.4 is 4.90 Å².